The molecule has 2 heterocycles. The number of aliphatic imine (C=N–C) groups is 1. The summed E-state index contributed by atoms with van der Waals surface area (Å²) in [5, 5.41) is 7.13. The van der Waals surface area contributed by atoms with Crippen molar-refractivity contribution in [3.63, 3.8) is 0 Å². The van der Waals surface area contributed by atoms with E-state index in [0.29, 0.717) is 17.6 Å². The van der Waals surface area contributed by atoms with E-state index in [1.807, 2.05) is 6.92 Å². The van der Waals surface area contributed by atoms with Crippen LogP contribution < -0.4 is 5.32 Å². The van der Waals surface area contributed by atoms with Crippen LogP contribution in [0.3, 0.4) is 0 Å². The van der Waals surface area contributed by atoms with E-state index in [2.05, 4.69) is 39.3 Å². The smallest absolute Gasteiger partial charge is 0.226 e. The van der Waals surface area contributed by atoms with Crippen LogP contribution in [0.15, 0.2) is 9.52 Å². The summed E-state index contributed by atoms with van der Waals surface area (Å²) in [6.07, 6.45) is 2.81. The maximum atomic E-state index is 5.44. The summed E-state index contributed by atoms with van der Waals surface area (Å²) in [6, 6.07) is 0. The quantitative estimate of drug-likeness (QED) is 0.464. The molecule has 7 heteroatoms. The molecule has 1 aromatic rings. The van der Waals surface area contributed by atoms with Gasteiger partial charge in [-0.1, -0.05) is 5.16 Å². The minimum absolute atomic E-state index is 0.607. The van der Waals surface area contributed by atoms with Crippen molar-refractivity contribution in [2.24, 2.45) is 10.9 Å². The first-order chi connectivity index (χ1) is 10.7. The first kappa shape index (κ1) is 16.7. The van der Waals surface area contributed by atoms with Gasteiger partial charge in [-0.2, -0.15) is 4.98 Å². The van der Waals surface area contributed by atoms with Gasteiger partial charge in [-0.15, -0.1) is 0 Å². The lowest BCUT2D eigenvalue weighted by molar-refractivity contribution is 0.181. The van der Waals surface area contributed by atoms with E-state index in [0.717, 1.165) is 58.1 Å². The molecule has 22 heavy (non-hydrogen) atoms. The van der Waals surface area contributed by atoms with Crippen molar-refractivity contribution in [2.75, 3.05) is 39.9 Å². The summed E-state index contributed by atoms with van der Waals surface area (Å²) < 4.78 is 10.5. The first-order valence-corrected chi connectivity index (χ1v) is 8.05. The van der Waals surface area contributed by atoms with Crippen LogP contribution in [0.1, 0.15) is 31.5 Å². The number of hydrogen-bond acceptors (Lipinski definition) is 5. The molecule has 0 bridgehead atoms. The maximum Gasteiger partial charge on any atom is 0.226 e. The van der Waals surface area contributed by atoms with Gasteiger partial charge in [-0.05, 0) is 26.7 Å². The van der Waals surface area contributed by atoms with Gasteiger partial charge in [0, 0.05) is 45.6 Å². The SMILES string of the molecule is CCNC(=NCCCc1nc(C)no1)N(C)CC1CCOC1. The molecule has 1 atom stereocenters. The van der Waals surface area contributed by atoms with E-state index in [9.17, 15) is 0 Å². The Morgan fingerprint density at radius 3 is 3.00 bits per heavy atom. The highest BCUT2D eigenvalue weighted by Crippen LogP contribution is 2.13. The predicted molar refractivity (Wildman–Crippen MR) is 84.9 cm³/mol. The Balaban J connectivity index is 1.77. The van der Waals surface area contributed by atoms with E-state index in [1.165, 1.54) is 0 Å². The highest BCUT2D eigenvalue weighted by molar-refractivity contribution is 5.79. The van der Waals surface area contributed by atoms with Crippen molar-refractivity contribution in [3.8, 4) is 0 Å². The van der Waals surface area contributed by atoms with Gasteiger partial charge in [0.1, 0.15) is 0 Å². The lowest BCUT2D eigenvalue weighted by Crippen LogP contribution is -2.41. The second-order valence-corrected chi connectivity index (χ2v) is 5.68. The Labute approximate surface area is 132 Å². The van der Waals surface area contributed by atoms with Crippen LogP contribution in [0, 0.1) is 12.8 Å². The van der Waals surface area contributed by atoms with Crippen molar-refractivity contribution < 1.29 is 9.26 Å². The molecule has 1 fully saturated rings. The summed E-state index contributed by atoms with van der Waals surface area (Å²) in [7, 11) is 2.08. The van der Waals surface area contributed by atoms with Crippen molar-refractivity contribution in [1.29, 1.82) is 0 Å². The molecular weight excluding hydrogens is 282 g/mol. The molecular formula is C15H27N5O2. The van der Waals surface area contributed by atoms with Crippen molar-refractivity contribution >= 4 is 5.96 Å². The van der Waals surface area contributed by atoms with E-state index in [-0.39, 0.29) is 0 Å². The molecule has 124 valence electrons. The maximum absolute atomic E-state index is 5.44. The third kappa shape index (κ3) is 5.29. The third-order valence-electron chi connectivity index (χ3n) is 3.63. The summed E-state index contributed by atoms with van der Waals surface area (Å²) in [6.45, 7) is 8.26. The monoisotopic (exact) mass is 309 g/mol. The average Bonchev–Trinajstić information content (AvgIpc) is 3.14. The fraction of sp³-hybridized carbons (Fsp3) is 0.800. The second kappa shape index (κ2) is 8.73. The van der Waals surface area contributed by atoms with Crippen molar-refractivity contribution in [1.82, 2.24) is 20.4 Å². The molecule has 0 aliphatic carbocycles. The normalized spacial score (nSPS) is 18.7. The van der Waals surface area contributed by atoms with Crippen LogP contribution in [-0.4, -0.2) is 60.9 Å². The Morgan fingerprint density at radius 1 is 1.50 bits per heavy atom. The highest BCUT2D eigenvalue weighted by atomic mass is 16.5. The van der Waals surface area contributed by atoms with Crippen LogP contribution in [0.2, 0.25) is 0 Å². The third-order valence-corrected chi connectivity index (χ3v) is 3.63. The number of hydrogen-bond donors (Lipinski definition) is 1. The largest absolute Gasteiger partial charge is 0.381 e. The summed E-state index contributed by atoms with van der Waals surface area (Å²) in [5.74, 6) is 2.94. The van der Waals surface area contributed by atoms with Crippen LogP contribution >= 0.6 is 0 Å². The second-order valence-electron chi connectivity index (χ2n) is 5.68. The van der Waals surface area contributed by atoms with E-state index in [1.54, 1.807) is 0 Å². The molecule has 1 aliphatic heterocycles. The molecule has 0 aromatic carbocycles. The topological polar surface area (TPSA) is 75.8 Å². The Bertz CT molecular complexity index is 468. The zero-order valence-electron chi connectivity index (χ0n) is 13.8. The molecule has 1 unspecified atom stereocenters. The summed E-state index contributed by atoms with van der Waals surface area (Å²) >= 11 is 0. The van der Waals surface area contributed by atoms with E-state index in [4.69, 9.17) is 9.26 Å². The zero-order valence-corrected chi connectivity index (χ0v) is 13.8. The Morgan fingerprint density at radius 2 is 2.36 bits per heavy atom. The number of aryl methyl sites for hydroxylation is 2. The highest BCUT2D eigenvalue weighted by Gasteiger charge is 2.18. The van der Waals surface area contributed by atoms with Crippen LogP contribution in [0.4, 0.5) is 0 Å². The lowest BCUT2D eigenvalue weighted by atomic mass is 10.1. The van der Waals surface area contributed by atoms with Gasteiger partial charge >= 0.3 is 0 Å². The minimum Gasteiger partial charge on any atom is -0.381 e. The fourth-order valence-corrected chi connectivity index (χ4v) is 2.53. The standard InChI is InChI=1S/C15H27N5O2/c1-4-16-15(20(3)10-13-7-9-21-11-13)17-8-5-6-14-18-12(2)19-22-14/h13H,4-11H2,1-3H3,(H,16,17). The Kier molecular flexibility index (Phi) is 6.64. The van der Waals surface area contributed by atoms with Crippen LogP contribution in [0.25, 0.3) is 0 Å². The predicted octanol–water partition coefficient (Wildman–Crippen LogP) is 1.24. The molecule has 0 radical (unpaired) electrons. The summed E-state index contributed by atoms with van der Waals surface area (Å²) in [5.41, 5.74) is 0. The van der Waals surface area contributed by atoms with Gasteiger partial charge in [0.2, 0.25) is 5.89 Å². The number of ether oxygens (including phenoxy) is 1. The molecule has 2 rings (SSSR count). The number of aromatic nitrogens is 2. The number of nitrogens with zero attached hydrogens (tertiary/aromatic N) is 4. The van der Waals surface area contributed by atoms with E-state index < -0.39 is 0 Å². The Hall–Kier alpha value is -1.63. The number of nitrogens with one attached hydrogen (secondary N) is 1. The van der Waals surface area contributed by atoms with Crippen LogP contribution in [0.5, 0.6) is 0 Å². The molecule has 0 spiro atoms. The summed E-state index contributed by atoms with van der Waals surface area (Å²) in [4.78, 5) is 11.1. The minimum atomic E-state index is 0.607. The van der Waals surface area contributed by atoms with Crippen molar-refractivity contribution in [3.05, 3.63) is 11.7 Å². The van der Waals surface area contributed by atoms with E-state index >= 15 is 0 Å². The molecule has 1 N–H and O–H groups in total. The zero-order chi connectivity index (χ0) is 15.8. The molecule has 0 saturated carbocycles. The van der Waals surface area contributed by atoms with Gasteiger partial charge in [-0.3, -0.25) is 4.99 Å². The van der Waals surface area contributed by atoms with Gasteiger partial charge in [0.25, 0.3) is 0 Å². The number of rotatable bonds is 7. The first-order valence-electron chi connectivity index (χ1n) is 8.05. The molecule has 1 saturated heterocycles. The van der Waals surface area contributed by atoms with Gasteiger partial charge in [0.15, 0.2) is 11.8 Å². The van der Waals surface area contributed by atoms with Gasteiger partial charge in [-0.25, -0.2) is 0 Å². The molecule has 1 aromatic heterocycles. The molecule has 0 amide bonds. The lowest BCUT2D eigenvalue weighted by Gasteiger charge is -2.24. The number of guanidine groups is 1. The molecule has 1 aliphatic rings. The van der Waals surface area contributed by atoms with Gasteiger partial charge < -0.3 is 19.5 Å². The fourth-order valence-electron chi connectivity index (χ4n) is 2.53. The van der Waals surface area contributed by atoms with Gasteiger partial charge in [0.05, 0.1) is 6.61 Å². The average molecular weight is 309 g/mol. The van der Waals surface area contributed by atoms with Crippen LogP contribution in [-0.2, 0) is 11.2 Å². The molecule has 7 nitrogen and oxygen atoms in total. The van der Waals surface area contributed by atoms with Crippen molar-refractivity contribution in [2.45, 2.75) is 33.1 Å².